The highest BCUT2D eigenvalue weighted by molar-refractivity contribution is 6.76. The van der Waals surface area contributed by atoms with Gasteiger partial charge in [-0.2, -0.15) is 0 Å². The number of ether oxygens (including phenoxy) is 4. The lowest BCUT2D eigenvalue weighted by atomic mass is 10.1. The van der Waals surface area contributed by atoms with Crippen LogP contribution < -0.4 is 5.73 Å². The summed E-state index contributed by atoms with van der Waals surface area (Å²) in [7, 11) is -1.79. The number of epoxide rings is 4. The van der Waals surface area contributed by atoms with Crippen molar-refractivity contribution in [2.24, 2.45) is 5.73 Å². The van der Waals surface area contributed by atoms with Crippen LogP contribution in [-0.2, 0) is 18.9 Å². The molecule has 4 aliphatic heterocycles. The average Bonchev–Trinajstić information content (AvgIpc) is 3.56. The molecule has 0 amide bonds. The second-order valence-corrected chi connectivity index (χ2v) is 25.0. The van der Waals surface area contributed by atoms with Gasteiger partial charge < -0.3 is 34.9 Å². The minimum Gasteiger partial charge on any atom is -0.392 e. The van der Waals surface area contributed by atoms with Gasteiger partial charge in [0.2, 0.25) is 0 Å². The van der Waals surface area contributed by atoms with E-state index in [2.05, 4.69) is 44.2 Å². The fourth-order valence-corrected chi connectivity index (χ4v) is 6.67. The highest BCUT2D eigenvalue weighted by Gasteiger charge is 2.33. The molecule has 4 aliphatic rings. The summed E-state index contributed by atoms with van der Waals surface area (Å²) in [5, 5.41) is 20.4. The highest BCUT2D eigenvalue weighted by atomic mass is 28.3. The first-order valence-electron chi connectivity index (χ1n) is 14.6. The summed E-state index contributed by atoms with van der Waals surface area (Å²) < 4.78 is 20.3. The van der Waals surface area contributed by atoms with Crippen LogP contribution in [0.5, 0.6) is 0 Å². The largest absolute Gasteiger partial charge is 0.392 e. The molecule has 0 radical (unpaired) electrons. The highest BCUT2D eigenvalue weighted by Crippen LogP contribution is 2.23. The monoisotopic (exact) mass is 562 g/mol. The van der Waals surface area contributed by atoms with Crippen LogP contribution in [0.15, 0.2) is 0 Å². The molecular weight excluding hydrogens is 504 g/mol. The van der Waals surface area contributed by atoms with Gasteiger partial charge in [0.1, 0.15) is 0 Å². The molecule has 4 saturated heterocycles. The van der Waals surface area contributed by atoms with E-state index in [1.807, 2.05) is 0 Å². The SMILES string of the molecule is C1OC1CC1CO1.C[Si](C)(C)CCCN.C[Si](C)(C)CCCN(CC(O)CC1CO1)CC(O)CC1CO1. The lowest BCUT2D eigenvalue weighted by Gasteiger charge is -2.28. The quantitative estimate of drug-likeness (QED) is 0.183. The zero-order valence-corrected chi connectivity index (χ0v) is 26.6. The predicted octanol–water partition coefficient (Wildman–Crippen LogP) is 3.16. The maximum Gasteiger partial charge on any atom is 0.0835 e. The summed E-state index contributed by atoms with van der Waals surface area (Å²) in [5.74, 6) is 0. The van der Waals surface area contributed by atoms with Crippen molar-refractivity contribution >= 4 is 16.1 Å². The molecule has 37 heavy (non-hydrogen) atoms. The molecule has 0 aromatic carbocycles. The maximum atomic E-state index is 10.2. The van der Waals surface area contributed by atoms with E-state index in [0.29, 0.717) is 38.1 Å². The Labute approximate surface area is 228 Å². The third-order valence-corrected chi connectivity index (χ3v) is 10.4. The molecular formula is C27H58N2O6Si2. The summed E-state index contributed by atoms with van der Waals surface area (Å²) in [6.07, 6.45) is 5.85. The van der Waals surface area contributed by atoms with Gasteiger partial charge >= 0.3 is 0 Å². The number of aliphatic hydroxyl groups is 2. The van der Waals surface area contributed by atoms with Crippen molar-refractivity contribution in [2.75, 3.05) is 52.6 Å². The van der Waals surface area contributed by atoms with Gasteiger partial charge in [-0.15, -0.1) is 0 Å². The van der Waals surface area contributed by atoms with Crippen molar-refractivity contribution in [3.63, 3.8) is 0 Å². The third kappa shape index (κ3) is 21.6. The molecule has 4 N–H and O–H groups in total. The van der Waals surface area contributed by atoms with Gasteiger partial charge in [-0.05, 0) is 25.9 Å². The summed E-state index contributed by atoms with van der Waals surface area (Å²) in [4.78, 5) is 2.22. The van der Waals surface area contributed by atoms with Crippen LogP contribution in [0.3, 0.4) is 0 Å². The van der Waals surface area contributed by atoms with Gasteiger partial charge in [0.25, 0.3) is 0 Å². The molecule has 6 atom stereocenters. The fraction of sp³-hybridized carbons (Fsp3) is 1.00. The van der Waals surface area contributed by atoms with Gasteiger partial charge in [-0.1, -0.05) is 51.4 Å². The Hall–Kier alpha value is 0.114. The summed E-state index contributed by atoms with van der Waals surface area (Å²) >= 11 is 0. The van der Waals surface area contributed by atoms with E-state index in [-0.39, 0.29) is 24.4 Å². The number of rotatable bonds is 17. The molecule has 4 fully saturated rings. The summed E-state index contributed by atoms with van der Waals surface area (Å²) in [5.41, 5.74) is 5.36. The Bertz CT molecular complexity index is 571. The zero-order chi connectivity index (χ0) is 27.5. The smallest absolute Gasteiger partial charge is 0.0835 e. The molecule has 10 heteroatoms. The Kier molecular flexibility index (Phi) is 14.8. The first-order valence-corrected chi connectivity index (χ1v) is 22.0. The molecule has 4 rings (SSSR count). The van der Waals surface area contributed by atoms with Crippen LogP contribution in [0.25, 0.3) is 0 Å². The van der Waals surface area contributed by atoms with Crippen molar-refractivity contribution < 1.29 is 29.2 Å². The van der Waals surface area contributed by atoms with Gasteiger partial charge in [0.15, 0.2) is 0 Å². The molecule has 220 valence electrons. The van der Waals surface area contributed by atoms with Crippen molar-refractivity contribution in [1.29, 1.82) is 0 Å². The minimum absolute atomic E-state index is 0.253. The Balaban J connectivity index is 0.000000259. The normalized spacial score (nSPS) is 27.4. The standard InChI is InChI=1S/C16H33NO4Si.C6H17NSi.C5H8O2/c1-22(2,3)6-4-5-17(9-13(18)7-15-11-20-15)10-14(19)8-16-12-21-16;1-8(2,3)6-4-5-7;1(4-2-6-4)5-3-7-5/h13-16,18-19H,4-12H2,1-3H3;4-7H2,1-3H3;4-5H,1-3H2. The first-order chi connectivity index (χ1) is 17.3. The lowest BCUT2D eigenvalue weighted by Crippen LogP contribution is -2.40. The number of aliphatic hydroxyl groups excluding tert-OH is 2. The second kappa shape index (κ2) is 16.4. The van der Waals surface area contributed by atoms with Crippen molar-refractivity contribution in [2.45, 2.75) is 120 Å². The van der Waals surface area contributed by atoms with E-state index < -0.39 is 16.1 Å². The molecule has 0 aromatic rings. The van der Waals surface area contributed by atoms with Crippen molar-refractivity contribution in [3.8, 4) is 0 Å². The van der Waals surface area contributed by atoms with E-state index in [1.54, 1.807) is 0 Å². The van der Waals surface area contributed by atoms with E-state index in [0.717, 1.165) is 52.4 Å². The summed E-state index contributed by atoms with van der Waals surface area (Å²) in [6.45, 7) is 20.9. The number of nitrogens with zero attached hydrogens (tertiary/aromatic N) is 1. The Morgan fingerprint density at radius 2 is 1.08 bits per heavy atom. The van der Waals surface area contributed by atoms with Crippen LogP contribution in [-0.4, -0.2) is 120 Å². The van der Waals surface area contributed by atoms with E-state index in [9.17, 15) is 10.2 Å². The van der Waals surface area contributed by atoms with E-state index in [1.165, 1.54) is 18.5 Å². The minimum atomic E-state index is -1.03. The van der Waals surface area contributed by atoms with Gasteiger partial charge in [-0.25, -0.2) is 0 Å². The van der Waals surface area contributed by atoms with Crippen LogP contribution in [0.4, 0.5) is 0 Å². The molecule has 0 bridgehead atoms. The number of hydrogen-bond acceptors (Lipinski definition) is 8. The van der Waals surface area contributed by atoms with Crippen molar-refractivity contribution in [1.82, 2.24) is 4.90 Å². The lowest BCUT2D eigenvalue weighted by molar-refractivity contribution is 0.0567. The molecule has 0 spiro atoms. The molecule has 4 heterocycles. The van der Waals surface area contributed by atoms with Crippen LogP contribution >= 0.6 is 0 Å². The maximum absolute atomic E-state index is 10.2. The number of hydrogen-bond donors (Lipinski definition) is 3. The van der Waals surface area contributed by atoms with Crippen LogP contribution in [0.1, 0.15) is 32.1 Å². The Morgan fingerprint density at radius 3 is 1.38 bits per heavy atom. The van der Waals surface area contributed by atoms with Crippen LogP contribution in [0.2, 0.25) is 51.4 Å². The van der Waals surface area contributed by atoms with Crippen LogP contribution in [0, 0.1) is 0 Å². The third-order valence-electron chi connectivity index (χ3n) is 6.68. The van der Waals surface area contributed by atoms with Gasteiger partial charge in [-0.3, -0.25) is 4.90 Å². The first kappa shape index (κ1) is 33.3. The molecule has 0 saturated carbocycles. The predicted molar refractivity (Wildman–Crippen MR) is 156 cm³/mol. The summed E-state index contributed by atoms with van der Waals surface area (Å²) in [6, 6.07) is 2.66. The average molecular weight is 563 g/mol. The van der Waals surface area contributed by atoms with Gasteiger partial charge in [0, 0.05) is 48.5 Å². The fourth-order valence-electron chi connectivity index (χ4n) is 4.18. The Morgan fingerprint density at radius 1 is 0.703 bits per heavy atom. The topological polar surface area (TPSA) is 120 Å². The second-order valence-electron chi connectivity index (χ2n) is 13.7. The van der Waals surface area contributed by atoms with Crippen molar-refractivity contribution in [3.05, 3.63) is 0 Å². The van der Waals surface area contributed by atoms with E-state index >= 15 is 0 Å². The van der Waals surface area contributed by atoms with E-state index in [4.69, 9.17) is 24.7 Å². The molecule has 6 unspecified atom stereocenters. The van der Waals surface area contributed by atoms with Gasteiger partial charge in [0.05, 0.1) is 63.1 Å². The number of nitrogens with two attached hydrogens (primary N) is 1. The zero-order valence-electron chi connectivity index (χ0n) is 24.6. The molecule has 0 aromatic heterocycles. The molecule has 0 aliphatic carbocycles. The molecule has 8 nitrogen and oxygen atoms in total.